The second-order valence-corrected chi connectivity index (χ2v) is 5.38. The maximum Gasteiger partial charge on any atom is 0.269 e. The summed E-state index contributed by atoms with van der Waals surface area (Å²) in [5, 5.41) is 0. The molecule has 2 N–H and O–H groups in total. The number of hydrazine groups is 1. The van der Waals surface area contributed by atoms with Gasteiger partial charge in [0.2, 0.25) is 5.75 Å². The standard InChI is InChI=1S/C17H24N2O4/c1-21-14-9-13(10-15(22-2)16(14)23-3)17(20)19-18-11-12-7-5-4-6-8-12/h9-11,18H,4-8H2,1-3H3,(H,19,20). The molecule has 0 radical (unpaired) electrons. The molecule has 0 spiro atoms. The first-order valence-electron chi connectivity index (χ1n) is 7.73. The van der Waals surface area contributed by atoms with Crippen molar-refractivity contribution in [2.24, 2.45) is 0 Å². The largest absolute Gasteiger partial charge is 0.493 e. The number of ether oxygens (including phenoxy) is 3. The molecule has 1 aliphatic carbocycles. The summed E-state index contributed by atoms with van der Waals surface area (Å²) in [6.45, 7) is 0. The van der Waals surface area contributed by atoms with E-state index in [2.05, 4.69) is 10.9 Å². The molecule has 0 saturated heterocycles. The minimum Gasteiger partial charge on any atom is -0.493 e. The van der Waals surface area contributed by atoms with E-state index in [4.69, 9.17) is 14.2 Å². The predicted molar refractivity (Wildman–Crippen MR) is 87.9 cm³/mol. The lowest BCUT2D eigenvalue weighted by Crippen LogP contribution is -2.34. The number of hydrogen-bond acceptors (Lipinski definition) is 5. The minimum atomic E-state index is -0.267. The van der Waals surface area contributed by atoms with Crippen molar-refractivity contribution in [2.45, 2.75) is 32.1 Å². The van der Waals surface area contributed by atoms with E-state index in [9.17, 15) is 4.79 Å². The van der Waals surface area contributed by atoms with E-state index in [1.54, 1.807) is 12.1 Å². The highest BCUT2D eigenvalue weighted by molar-refractivity contribution is 5.95. The van der Waals surface area contributed by atoms with Crippen LogP contribution in [-0.2, 0) is 0 Å². The molecular formula is C17H24N2O4. The van der Waals surface area contributed by atoms with Crippen molar-refractivity contribution in [2.75, 3.05) is 21.3 Å². The second kappa shape index (κ2) is 8.31. The van der Waals surface area contributed by atoms with E-state index >= 15 is 0 Å². The summed E-state index contributed by atoms with van der Waals surface area (Å²) < 4.78 is 15.8. The number of rotatable bonds is 6. The third kappa shape index (κ3) is 4.31. The maximum atomic E-state index is 12.3. The predicted octanol–water partition coefficient (Wildman–Crippen LogP) is 2.79. The summed E-state index contributed by atoms with van der Waals surface area (Å²) in [6.07, 6.45) is 7.78. The fourth-order valence-corrected chi connectivity index (χ4v) is 2.64. The number of nitrogens with one attached hydrogen (secondary N) is 2. The Labute approximate surface area is 136 Å². The van der Waals surface area contributed by atoms with Crippen LogP contribution in [0.4, 0.5) is 0 Å². The summed E-state index contributed by atoms with van der Waals surface area (Å²) in [5.74, 6) is 1.09. The van der Waals surface area contributed by atoms with Gasteiger partial charge in [-0.2, -0.15) is 0 Å². The van der Waals surface area contributed by atoms with E-state index in [0.717, 1.165) is 12.8 Å². The molecule has 0 aromatic heterocycles. The molecule has 2 rings (SSSR count). The lowest BCUT2D eigenvalue weighted by molar-refractivity contribution is 0.0940. The van der Waals surface area contributed by atoms with Crippen molar-refractivity contribution in [3.8, 4) is 17.2 Å². The maximum absolute atomic E-state index is 12.3. The molecule has 6 heteroatoms. The van der Waals surface area contributed by atoms with Crippen molar-refractivity contribution in [1.29, 1.82) is 0 Å². The number of methoxy groups -OCH3 is 3. The number of carbonyl (C=O) groups excluding carboxylic acids is 1. The molecule has 0 unspecified atom stereocenters. The van der Waals surface area contributed by atoms with Gasteiger partial charge in [0.25, 0.3) is 5.91 Å². The van der Waals surface area contributed by atoms with E-state index in [1.807, 2.05) is 6.20 Å². The summed E-state index contributed by atoms with van der Waals surface area (Å²) in [4.78, 5) is 12.3. The van der Waals surface area contributed by atoms with Crippen molar-refractivity contribution < 1.29 is 19.0 Å². The molecule has 0 atom stereocenters. The highest BCUT2D eigenvalue weighted by Gasteiger charge is 2.16. The van der Waals surface area contributed by atoms with Gasteiger partial charge in [0.05, 0.1) is 21.3 Å². The highest BCUT2D eigenvalue weighted by Crippen LogP contribution is 2.38. The summed E-state index contributed by atoms with van der Waals surface area (Å²) in [7, 11) is 4.56. The van der Waals surface area contributed by atoms with E-state index in [-0.39, 0.29) is 5.91 Å². The number of carbonyl (C=O) groups is 1. The third-order valence-corrected chi connectivity index (χ3v) is 3.88. The molecule has 1 fully saturated rings. The average Bonchev–Trinajstić information content (AvgIpc) is 2.61. The molecule has 1 saturated carbocycles. The SMILES string of the molecule is COc1cc(C(=O)NNC=C2CCCCC2)cc(OC)c1OC. The fraction of sp³-hybridized carbons (Fsp3) is 0.471. The Morgan fingerprint density at radius 1 is 1.00 bits per heavy atom. The first-order chi connectivity index (χ1) is 11.2. The summed E-state index contributed by atoms with van der Waals surface area (Å²) in [5.41, 5.74) is 7.31. The van der Waals surface area contributed by atoms with Crippen molar-refractivity contribution in [3.63, 3.8) is 0 Å². The van der Waals surface area contributed by atoms with Crippen LogP contribution >= 0.6 is 0 Å². The van der Waals surface area contributed by atoms with Crippen LogP contribution in [0.5, 0.6) is 17.2 Å². The van der Waals surface area contributed by atoms with Crippen LogP contribution in [0.25, 0.3) is 0 Å². The van der Waals surface area contributed by atoms with Crippen LogP contribution < -0.4 is 25.1 Å². The molecule has 1 aliphatic rings. The Balaban J connectivity index is 2.06. The summed E-state index contributed by atoms with van der Waals surface area (Å²) in [6, 6.07) is 3.23. The van der Waals surface area contributed by atoms with E-state index in [1.165, 1.54) is 46.2 Å². The number of benzene rings is 1. The number of hydrogen-bond donors (Lipinski definition) is 2. The van der Waals surface area contributed by atoms with Crippen LogP contribution in [0.1, 0.15) is 42.5 Å². The van der Waals surface area contributed by atoms with Crippen molar-refractivity contribution in [3.05, 3.63) is 29.5 Å². The molecule has 1 aromatic carbocycles. The monoisotopic (exact) mass is 320 g/mol. The van der Waals surface area contributed by atoms with Gasteiger partial charge in [-0.1, -0.05) is 12.0 Å². The van der Waals surface area contributed by atoms with Gasteiger partial charge in [-0.05, 0) is 37.8 Å². The molecular weight excluding hydrogens is 296 g/mol. The molecule has 0 aliphatic heterocycles. The van der Waals surface area contributed by atoms with Crippen LogP contribution in [-0.4, -0.2) is 27.2 Å². The Kier molecular flexibility index (Phi) is 6.14. The smallest absolute Gasteiger partial charge is 0.269 e. The lowest BCUT2D eigenvalue weighted by Gasteiger charge is -2.15. The Morgan fingerprint density at radius 3 is 2.13 bits per heavy atom. The van der Waals surface area contributed by atoms with Gasteiger partial charge in [0.1, 0.15) is 0 Å². The zero-order valence-electron chi connectivity index (χ0n) is 13.9. The average molecular weight is 320 g/mol. The van der Waals surface area contributed by atoms with Crippen LogP contribution in [0.2, 0.25) is 0 Å². The number of amides is 1. The molecule has 126 valence electrons. The van der Waals surface area contributed by atoms with Gasteiger partial charge < -0.3 is 19.6 Å². The molecule has 1 aromatic rings. The van der Waals surface area contributed by atoms with E-state index < -0.39 is 0 Å². The van der Waals surface area contributed by atoms with Gasteiger partial charge in [-0.15, -0.1) is 0 Å². The molecule has 6 nitrogen and oxygen atoms in total. The van der Waals surface area contributed by atoms with Gasteiger partial charge in [-0.25, -0.2) is 0 Å². The first kappa shape index (κ1) is 17.0. The van der Waals surface area contributed by atoms with Gasteiger partial charge in [0, 0.05) is 11.8 Å². The topological polar surface area (TPSA) is 68.8 Å². The molecule has 1 amide bonds. The van der Waals surface area contributed by atoms with Crippen molar-refractivity contribution in [1.82, 2.24) is 10.9 Å². The molecule has 0 bridgehead atoms. The second-order valence-electron chi connectivity index (χ2n) is 5.38. The van der Waals surface area contributed by atoms with Crippen molar-refractivity contribution >= 4 is 5.91 Å². The normalized spacial score (nSPS) is 14.0. The third-order valence-electron chi connectivity index (χ3n) is 3.88. The van der Waals surface area contributed by atoms with Gasteiger partial charge >= 0.3 is 0 Å². The molecule has 0 heterocycles. The number of allylic oxidation sites excluding steroid dienone is 1. The quantitative estimate of drug-likeness (QED) is 0.789. The van der Waals surface area contributed by atoms with Crippen LogP contribution in [0.3, 0.4) is 0 Å². The first-order valence-corrected chi connectivity index (χ1v) is 7.73. The minimum absolute atomic E-state index is 0.267. The molecule has 23 heavy (non-hydrogen) atoms. The fourth-order valence-electron chi connectivity index (χ4n) is 2.64. The zero-order valence-corrected chi connectivity index (χ0v) is 13.9. The highest BCUT2D eigenvalue weighted by atomic mass is 16.5. The zero-order chi connectivity index (χ0) is 16.7. The van der Waals surface area contributed by atoms with E-state index in [0.29, 0.717) is 22.8 Å². The summed E-state index contributed by atoms with van der Waals surface area (Å²) >= 11 is 0. The van der Waals surface area contributed by atoms with Gasteiger partial charge in [0.15, 0.2) is 11.5 Å². The Bertz CT molecular complexity index is 551. The lowest BCUT2D eigenvalue weighted by atomic mass is 9.96. The Hall–Kier alpha value is -2.37. The van der Waals surface area contributed by atoms with Crippen LogP contribution in [0, 0.1) is 0 Å². The Morgan fingerprint density at radius 2 is 1.61 bits per heavy atom. The van der Waals surface area contributed by atoms with Crippen LogP contribution in [0.15, 0.2) is 23.9 Å². The van der Waals surface area contributed by atoms with Gasteiger partial charge in [-0.3, -0.25) is 10.2 Å².